The van der Waals surface area contributed by atoms with Crippen LogP contribution < -0.4 is 10.2 Å². The highest BCUT2D eigenvalue weighted by molar-refractivity contribution is 5.82. The molecule has 1 saturated heterocycles. The molecule has 1 aliphatic heterocycles. The largest absolute Gasteiger partial charge is 0.463 e. The Labute approximate surface area is 234 Å². The number of hydrogen-bond donors (Lipinski definition) is 0. The second kappa shape index (κ2) is 12.6. The highest BCUT2D eigenvalue weighted by atomic mass is 16.7. The van der Waals surface area contributed by atoms with E-state index in [-0.39, 0.29) is 16.8 Å². The predicted octanol–water partition coefficient (Wildman–Crippen LogP) is 2.92. The number of ether oxygens (including phenoxy) is 6. The van der Waals surface area contributed by atoms with Crippen LogP contribution in [0.2, 0.25) is 0 Å². The molecule has 1 fully saturated rings. The summed E-state index contributed by atoms with van der Waals surface area (Å²) in [5.74, 6) is -2.77. The molecule has 2 heterocycles. The molecule has 41 heavy (non-hydrogen) atoms. The first-order chi connectivity index (χ1) is 19.5. The fourth-order valence-electron chi connectivity index (χ4n) is 4.42. The lowest BCUT2D eigenvalue weighted by Gasteiger charge is -2.43. The first kappa shape index (κ1) is 29.3. The van der Waals surface area contributed by atoms with Gasteiger partial charge >= 0.3 is 23.9 Å². The van der Waals surface area contributed by atoms with Crippen molar-refractivity contribution in [2.24, 2.45) is 0 Å². The summed E-state index contributed by atoms with van der Waals surface area (Å²) >= 11 is 0. The summed E-state index contributed by atoms with van der Waals surface area (Å²) in [6.07, 6.45) is -5.35. The van der Waals surface area contributed by atoms with E-state index < -0.39 is 61.2 Å². The van der Waals surface area contributed by atoms with E-state index >= 15 is 0 Å². The molecule has 0 aliphatic carbocycles. The molecular weight excluding hydrogens is 540 g/mol. The first-order valence-electron chi connectivity index (χ1n) is 12.6. The van der Waals surface area contributed by atoms with Crippen molar-refractivity contribution < 1.29 is 52.0 Å². The topological polar surface area (TPSA) is 154 Å². The third kappa shape index (κ3) is 7.09. The molecule has 5 unspecified atom stereocenters. The number of carbonyl (C=O) groups is 4. The van der Waals surface area contributed by atoms with Crippen LogP contribution in [-0.4, -0.2) is 61.2 Å². The number of rotatable bonds is 8. The molecule has 12 nitrogen and oxygen atoms in total. The zero-order chi connectivity index (χ0) is 29.7. The van der Waals surface area contributed by atoms with Crippen molar-refractivity contribution in [3.8, 4) is 16.9 Å². The van der Waals surface area contributed by atoms with Gasteiger partial charge in [-0.2, -0.15) is 0 Å². The van der Waals surface area contributed by atoms with Crippen LogP contribution in [-0.2, 0) is 42.9 Å². The number of fused-ring (bicyclic) bond motifs is 1. The van der Waals surface area contributed by atoms with Crippen LogP contribution in [0.15, 0.2) is 64.0 Å². The van der Waals surface area contributed by atoms with Crippen LogP contribution in [0.1, 0.15) is 27.7 Å². The van der Waals surface area contributed by atoms with Gasteiger partial charge in [0.15, 0.2) is 17.6 Å². The molecule has 216 valence electrons. The van der Waals surface area contributed by atoms with Crippen molar-refractivity contribution in [1.82, 2.24) is 0 Å². The molecule has 0 N–H and O–H groups in total. The third-order valence-corrected chi connectivity index (χ3v) is 6.03. The first-order valence-corrected chi connectivity index (χ1v) is 12.6. The molecular formula is C29H28O12. The van der Waals surface area contributed by atoms with Crippen LogP contribution in [0.5, 0.6) is 5.75 Å². The van der Waals surface area contributed by atoms with Crippen molar-refractivity contribution in [2.75, 3.05) is 6.61 Å². The minimum atomic E-state index is -1.43. The van der Waals surface area contributed by atoms with E-state index in [0.717, 1.165) is 20.8 Å². The quantitative estimate of drug-likeness (QED) is 0.290. The van der Waals surface area contributed by atoms with Gasteiger partial charge in [-0.15, -0.1) is 0 Å². The Morgan fingerprint density at radius 1 is 0.780 bits per heavy atom. The minimum Gasteiger partial charge on any atom is -0.463 e. The summed E-state index contributed by atoms with van der Waals surface area (Å²) in [5, 5.41) is 0.292. The molecule has 0 radical (unpaired) electrons. The lowest BCUT2D eigenvalue weighted by atomic mass is 9.98. The Balaban J connectivity index is 1.70. The Morgan fingerprint density at radius 3 is 2.05 bits per heavy atom. The van der Waals surface area contributed by atoms with E-state index in [1.807, 2.05) is 18.2 Å². The standard InChI is InChI=1S/C29H28O12/c1-15(30)35-14-24-26(37-16(2)31)27(38-17(3)32)28(39-18(4)33)29(41-24)40-20-10-11-21-23(12-20)36-13-22(25(21)34)19-8-6-5-7-9-19/h5-13,24,26-29H,14H2,1-4H3. The molecule has 0 amide bonds. The summed E-state index contributed by atoms with van der Waals surface area (Å²) in [6.45, 7) is 4.16. The van der Waals surface area contributed by atoms with Gasteiger partial charge in [0.1, 0.15) is 30.3 Å². The number of esters is 4. The van der Waals surface area contributed by atoms with Gasteiger partial charge < -0.3 is 32.8 Å². The second-order valence-corrected chi connectivity index (χ2v) is 9.19. The maximum Gasteiger partial charge on any atom is 0.303 e. The van der Waals surface area contributed by atoms with E-state index in [1.54, 1.807) is 12.1 Å². The third-order valence-electron chi connectivity index (χ3n) is 6.03. The minimum absolute atomic E-state index is 0.147. The van der Waals surface area contributed by atoms with E-state index in [4.69, 9.17) is 32.8 Å². The summed E-state index contributed by atoms with van der Waals surface area (Å²) < 4.78 is 38.9. The second-order valence-electron chi connectivity index (χ2n) is 9.19. The summed E-state index contributed by atoms with van der Waals surface area (Å²) in [7, 11) is 0. The summed E-state index contributed by atoms with van der Waals surface area (Å²) in [5.41, 5.74) is 1.03. The van der Waals surface area contributed by atoms with Crippen molar-refractivity contribution >= 4 is 34.8 Å². The maximum absolute atomic E-state index is 13.1. The van der Waals surface area contributed by atoms with E-state index in [2.05, 4.69) is 0 Å². The summed E-state index contributed by atoms with van der Waals surface area (Å²) in [4.78, 5) is 60.6. The van der Waals surface area contributed by atoms with Gasteiger partial charge in [-0.3, -0.25) is 24.0 Å². The van der Waals surface area contributed by atoms with Gasteiger partial charge in [-0.1, -0.05) is 30.3 Å². The van der Waals surface area contributed by atoms with Gasteiger partial charge in [-0.25, -0.2) is 0 Å². The fourth-order valence-corrected chi connectivity index (χ4v) is 4.42. The van der Waals surface area contributed by atoms with Crippen LogP contribution >= 0.6 is 0 Å². The zero-order valence-electron chi connectivity index (χ0n) is 22.7. The highest BCUT2D eigenvalue weighted by Gasteiger charge is 2.53. The SMILES string of the molecule is CC(=O)OCC1OC(Oc2ccc3c(=O)c(-c4ccccc4)coc3c2)C(OC(C)=O)C(OC(C)=O)C1OC(C)=O. The zero-order valence-corrected chi connectivity index (χ0v) is 22.7. The molecule has 0 spiro atoms. The van der Waals surface area contributed by atoms with Gasteiger partial charge in [0, 0.05) is 33.8 Å². The predicted molar refractivity (Wildman–Crippen MR) is 141 cm³/mol. The van der Waals surface area contributed by atoms with Crippen molar-refractivity contribution in [3.63, 3.8) is 0 Å². The average Bonchev–Trinajstić information content (AvgIpc) is 2.91. The van der Waals surface area contributed by atoms with Crippen molar-refractivity contribution in [1.29, 1.82) is 0 Å². The van der Waals surface area contributed by atoms with Gasteiger partial charge in [0.25, 0.3) is 0 Å². The number of benzene rings is 2. The van der Waals surface area contributed by atoms with Crippen LogP contribution in [0.25, 0.3) is 22.1 Å². The van der Waals surface area contributed by atoms with E-state index in [9.17, 15) is 24.0 Å². The number of carbonyl (C=O) groups excluding carboxylic acids is 4. The van der Waals surface area contributed by atoms with Crippen LogP contribution in [0.3, 0.4) is 0 Å². The Kier molecular flexibility index (Phi) is 9.03. The highest BCUT2D eigenvalue weighted by Crippen LogP contribution is 2.32. The van der Waals surface area contributed by atoms with Crippen LogP contribution in [0, 0.1) is 0 Å². The van der Waals surface area contributed by atoms with E-state index in [0.29, 0.717) is 16.5 Å². The fraction of sp³-hybridized carbons (Fsp3) is 0.345. The maximum atomic E-state index is 13.1. The van der Waals surface area contributed by atoms with Crippen molar-refractivity contribution in [3.05, 3.63) is 65.0 Å². The van der Waals surface area contributed by atoms with Gasteiger partial charge in [-0.05, 0) is 17.7 Å². The molecule has 3 aromatic rings. The molecule has 0 bridgehead atoms. The van der Waals surface area contributed by atoms with E-state index in [1.165, 1.54) is 31.4 Å². The monoisotopic (exact) mass is 568 g/mol. The Bertz CT molecular complexity index is 1490. The molecule has 5 atom stereocenters. The van der Waals surface area contributed by atoms with Gasteiger partial charge in [0.2, 0.25) is 12.4 Å². The normalized spacial score (nSPS) is 21.9. The molecule has 12 heteroatoms. The Hall–Kier alpha value is -4.71. The molecule has 0 saturated carbocycles. The molecule has 1 aliphatic rings. The van der Waals surface area contributed by atoms with Gasteiger partial charge in [0.05, 0.1) is 10.9 Å². The summed E-state index contributed by atoms with van der Waals surface area (Å²) in [6, 6.07) is 13.5. The Morgan fingerprint density at radius 2 is 1.41 bits per heavy atom. The lowest BCUT2D eigenvalue weighted by molar-refractivity contribution is -0.288. The van der Waals surface area contributed by atoms with Crippen molar-refractivity contribution in [2.45, 2.75) is 58.4 Å². The average molecular weight is 569 g/mol. The van der Waals surface area contributed by atoms with Crippen LogP contribution in [0.4, 0.5) is 0 Å². The molecule has 1 aromatic heterocycles. The smallest absolute Gasteiger partial charge is 0.303 e. The molecule has 4 rings (SSSR count). The lowest BCUT2D eigenvalue weighted by Crippen LogP contribution is -2.63. The molecule has 2 aromatic carbocycles. The number of hydrogen-bond acceptors (Lipinski definition) is 12.